The summed E-state index contributed by atoms with van der Waals surface area (Å²) in [7, 11) is 0. The van der Waals surface area contributed by atoms with E-state index in [4.69, 9.17) is 0 Å². The van der Waals surface area contributed by atoms with E-state index < -0.39 is 0 Å². The molecule has 0 saturated heterocycles. The maximum Gasteiger partial charge on any atom is 0.288 e. The van der Waals surface area contributed by atoms with E-state index in [0.717, 1.165) is 27.1 Å². The van der Waals surface area contributed by atoms with Crippen LogP contribution in [0.15, 0.2) is 29.2 Å². The molecule has 0 aliphatic heterocycles. The Morgan fingerprint density at radius 1 is 1.28 bits per heavy atom. The summed E-state index contributed by atoms with van der Waals surface area (Å²) in [4.78, 5) is 11.3. The fourth-order valence-corrected chi connectivity index (χ4v) is 3.77. The Morgan fingerprint density at radius 3 is 2.89 bits per heavy atom. The van der Waals surface area contributed by atoms with Crippen LogP contribution >= 0.6 is 22.7 Å². The van der Waals surface area contributed by atoms with Crippen LogP contribution in [0.4, 0.5) is 0 Å². The first kappa shape index (κ1) is 11.6. The van der Waals surface area contributed by atoms with E-state index in [9.17, 15) is 4.79 Å². The number of aromatic nitrogens is 3. The van der Waals surface area contributed by atoms with E-state index in [1.807, 2.05) is 23.0 Å². The zero-order chi connectivity index (χ0) is 12.5. The van der Waals surface area contributed by atoms with Crippen molar-refractivity contribution in [1.82, 2.24) is 15.0 Å². The minimum Gasteiger partial charge on any atom is -0.265 e. The van der Waals surface area contributed by atoms with Gasteiger partial charge in [-0.25, -0.2) is 4.68 Å². The summed E-state index contributed by atoms with van der Waals surface area (Å²) in [5, 5.41) is 8.14. The molecule has 4 nitrogen and oxygen atoms in total. The lowest BCUT2D eigenvalue weighted by atomic mass is 10.2. The summed E-state index contributed by atoms with van der Waals surface area (Å²) >= 11 is 2.61. The fourth-order valence-electron chi connectivity index (χ4n) is 1.78. The van der Waals surface area contributed by atoms with E-state index in [1.165, 1.54) is 22.7 Å². The van der Waals surface area contributed by atoms with Gasteiger partial charge >= 0.3 is 0 Å². The topological polar surface area (TPSA) is 47.8 Å². The highest BCUT2D eigenvalue weighted by Gasteiger charge is 2.03. The predicted octanol–water partition coefficient (Wildman–Crippen LogP) is 2.53. The summed E-state index contributed by atoms with van der Waals surface area (Å²) in [5.74, 6) is 0. The normalized spacial score (nSPS) is 11.2. The minimum absolute atomic E-state index is 0.149. The van der Waals surface area contributed by atoms with Crippen molar-refractivity contribution < 1.29 is 0 Å². The second-order valence-electron chi connectivity index (χ2n) is 4.00. The Morgan fingerprint density at radius 2 is 2.11 bits per heavy atom. The van der Waals surface area contributed by atoms with Gasteiger partial charge in [0.05, 0.1) is 12.2 Å². The van der Waals surface area contributed by atoms with Crippen LogP contribution in [-0.4, -0.2) is 15.0 Å². The Balaban J connectivity index is 1.91. The van der Waals surface area contributed by atoms with E-state index in [2.05, 4.69) is 23.3 Å². The maximum atomic E-state index is 11.3. The third-order valence-electron chi connectivity index (χ3n) is 2.69. The molecule has 2 heterocycles. The van der Waals surface area contributed by atoms with Crippen molar-refractivity contribution in [3.63, 3.8) is 0 Å². The number of fused-ring (bicyclic) bond motifs is 1. The number of hydrogen-bond donors (Lipinski definition) is 0. The molecule has 0 aliphatic rings. The molecule has 2 aromatic heterocycles. The molecule has 0 spiro atoms. The van der Waals surface area contributed by atoms with Gasteiger partial charge < -0.3 is 0 Å². The zero-order valence-electron chi connectivity index (χ0n) is 9.79. The van der Waals surface area contributed by atoms with Gasteiger partial charge in [0.2, 0.25) is 0 Å². The molecule has 0 fully saturated rings. The molecule has 3 rings (SSSR count). The number of aryl methyl sites for hydroxylation is 1. The van der Waals surface area contributed by atoms with Gasteiger partial charge in [-0.05, 0) is 24.1 Å². The van der Waals surface area contributed by atoms with Gasteiger partial charge in [0.25, 0.3) is 4.06 Å². The molecule has 0 atom stereocenters. The molecular weight excluding hydrogens is 266 g/mol. The largest absolute Gasteiger partial charge is 0.288 e. The molecule has 0 N–H and O–H groups in total. The van der Waals surface area contributed by atoms with Crippen molar-refractivity contribution in [2.24, 2.45) is 0 Å². The van der Waals surface area contributed by atoms with Crippen molar-refractivity contribution in [3.8, 4) is 0 Å². The Kier molecular flexibility index (Phi) is 2.97. The van der Waals surface area contributed by atoms with Crippen LogP contribution in [0.5, 0.6) is 0 Å². The summed E-state index contributed by atoms with van der Waals surface area (Å²) in [5.41, 5.74) is 2.14. The van der Waals surface area contributed by atoms with Gasteiger partial charge in [-0.1, -0.05) is 40.9 Å². The molecule has 18 heavy (non-hydrogen) atoms. The van der Waals surface area contributed by atoms with Crippen molar-refractivity contribution in [1.29, 1.82) is 0 Å². The third kappa shape index (κ3) is 2.21. The minimum atomic E-state index is 0.149. The summed E-state index contributed by atoms with van der Waals surface area (Å²) < 4.78 is 4.09. The molecule has 3 aromatic rings. The highest BCUT2D eigenvalue weighted by molar-refractivity contribution is 7.35. The number of nitrogens with zero attached hydrogens (tertiary/aromatic N) is 3. The molecule has 0 saturated carbocycles. The van der Waals surface area contributed by atoms with Crippen molar-refractivity contribution >= 4 is 32.1 Å². The first-order valence-corrected chi connectivity index (χ1v) is 7.29. The van der Waals surface area contributed by atoms with Crippen molar-refractivity contribution in [2.45, 2.75) is 19.9 Å². The third-order valence-corrected chi connectivity index (χ3v) is 4.78. The molecule has 0 radical (unpaired) electrons. The smallest absolute Gasteiger partial charge is 0.265 e. The summed E-state index contributed by atoms with van der Waals surface area (Å²) in [6, 6.07) is 6.11. The molecular formula is C12H11N3OS2. The van der Waals surface area contributed by atoms with Crippen molar-refractivity contribution in [3.05, 3.63) is 44.5 Å². The van der Waals surface area contributed by atoms with Gasteiger partial charge in [-0.2, -0.15) is 0 Å². The monoisotopic (exact) mass is 277 g/mol. The first-order chi connectivity index (χ1) is 8.74. The van der Waals surface area contributed by atoms with Gasteiger partial charge in [-0.15, -0.1) is 5.10 Å². The SMILES string of the molecule is CCc1cn(Cc2ccc3sc(=O)sc3c2)nn1. The maximum absolute atomic E-state index is 11.3. The number of hydrogen-bond acceptors (Lipinski definition) is 5. The summed E-state index contributed by atoms with van der Waals surface area (Å²) in [6.45, 7) is 2.75. The molecule has 6 heteroatoms. The fraction of sp³-hybridized carbons (Fsp3) is 0.250. The second kappa shape index (κ2) is 4.62. The first-order valence-electron chi connectivity index (χ1n) is 5.66. The van der Waals surface area contributed by atoms with Crippen LogP contribution in [0.2, 0.25) is 0 Å². The highest BCUT2D eigenvalue weighted by Crippen LogP contribution is 2.22. The quantitative estimate of drug-likeness (QED) is 0.739. The molecule has 92 valence electrons. The average molecular weight is 277 g/mol. The number of rotatable bonds is 3. The van der Waals surface area contributed by atoms with Crippen LogP contribution in [0, 0.1) is 0 Å². The van der Waals surface area contributed by atoms with Gasteiger partial charge in [0, 0.05) is 15.6 Å². The molecule has 1 aromatic carbocycles. The van der Waals surface area contributed by atoms with Crippen LogP contribution in [0.25, 0.3) is 9.40 Å². The van der Waals surface area contributed by atoms with Crippen LogP contribution in [0.3, 0.4) is 0 Å². The molecule has 0 amide bonds. The predicted molar refractivity (Wildman–Crippen MR) is 74.5 cm³/mol. The molecule has 0 aliphatic carbocycles. The molecule has 0 bridgehead atoms. The number of benzene rings is 1. The van der Waals surface area contributed by atoms with Gasteiger partial charge in [0.1, 0.15) is 0 Å². The van der Waals surface area contributed by atoms with E-state index in [0.29, 0.717) is 6.54 Å². The second-order valence-corrected chi connectivity index (χ2v) is 6.28. The van der Waals surface area contributed by atoms with E-state index in [1.54, 1.807) is 0 Å². The van der Waals surface area contributed by atoms with Crippen LogP contribution < -0.4 is 4.06 Å². The lowest BCUT2D eigenvalue weighted by Crippen LogP contribution is -1.99. The summed E-state index contributed by atoms with van der Waals surface area (Å²) in [6.07, 6.45) is 2.85. The van der Waals surface area contributed by atoms with E-state index in [-0.39, 0.29) is 4.06 Å². The Labute approximate surface area is 112 Å². The Hall–Kier alpha value is -1.53. The van der Waals surface area contributed by atoms with E-state index >= 15 is 0 Å². The van der Waals surface area contributed by atoms with Gasteiger partial charge in [-0.3, -0.25) is 4.79 Å². The lowest BCUT2D eigenvalue weighted by molar-refractivity contribution is 0.650. The standard InChI is InChI=1S/C12H11N3OS2/c1-2-9-7-15(14-13-9)6-8-3-4-10-11(5-8)18-12(16)17-10/h3-5,7H,2,6H2,1H3. The molecule has 0 unspecified atom stereocenters. The highest BCUT2D eigenvalue weighted by atomic mass is 32.2. The van der Waals surface area contributed by atoms with Crippen molar-refractivity contribution in [2.75, 3.05) is 0 Å². The zero-order valence-corrected chi connectivity index (χ0v) is 11.4. The van der Waals surface area contributed by atoms with Crippen LogP contribution in [-0.2, 0) is 13.0 Å². The van der Waals surface area contributed by atoms with Gasteiger partial charge in [0.15, 0.2) is 0 Å². The average Bonchev–Trinajstić information content (AvgIpc) is 2.94. The van der Waals surface area contributed by atoms with Crippen LogP contribution in [0.1, 0.15) is 18.2 Å². The Bertz CT molecular complexity index is 741. The lowest BCUT2D eigenvalue weighted by Gasteiger charge is -2.00.